The van der Waals surface area contributed by atoms with Gasteiger partial charge in [0.15, 0.2) is 0 Å². The molecule has 2 aliphatic carbocycles. The van der Waals surface area contributed by atoms with Crippen LogP contribution in [0.2, 0.25) is 0 Å². The lowest BCUT2D eigenvalue weighted by molar-refractivity contribution is -0.274. The van der Waals surface area contributed by atoms with Gasteiger partial charge in [0.05, 0.1) is 139 Å². The monoisotopic (exact) mass is 1930 g/mol. The summed E-state index contributed by atoms with van der Waals surface area (Å²) in [6.07, 6.45) is 26.6. The molecule has 3 fully saturated rings. The molecule has 0 spiro atoms. The van der Waals surface area contributed by atoms with Crippen molar-refractivity contribution in [1.82, 2.24) is 88.1 Å². The van der Waals surface area contributed by atoms with Crippen molar-refractivity contribution in [3.05, 3.63) is 334 Å². The minimum Gasteiger partial charge on any atom is -0.497 e. The molecule has 0 N–H and O–H groups in total. The van der Waals surface area contributed by atoms with E-state index in [1.165, 1.54) is 47.5 Å². The molecule has 0 amide bonds. The molecule has 1 saturated heterocycles. The van der Waals surface area contributed by atoms with Gasteiger partial charge < -0.3 is 57.3 Å². The average Bonchev–Trinajstić information content (AvgIpc) is 1.77. The Hall–Kier alpha value is -16.5. The van der Waals surface area contributed by atoms with Crippen LogP contribution in [0.1, 0.15) is 36.8 Å². The van der Waals surface area contributed by atoms with Crippen molar-refractivity contribution in [3.8, 4) is 73.8 Å². The summed E-state index contributed by atoms with van der Waals surface area (Å²) in [6, 6.07) is 79.2. The number of nitrogens with zero attached hydrogens (tertiary/aromatic N) is 23. The number of hydrogen-bond acceptors (Lipinski definition) is 23. The maximum atomic E-state index is 12.7. The number of methoxy groups -OCH3 is 4. The number of ether oxygens (including phenoxy) is 5. The second kappa shape index (κ2) is 43.7. The van der Waals surface area contributed by atoms with E-state index in [4.69, 9.17) is 43.9 Å². The predicted octanol–water partition coefficient (Wildman–Crippen LogP) is 22.0. The molecular formula is C113H114F3N23O5. The van der Waals surface area contributed by atoms with Crippen molar-refractivity contribution in [2.45, 2.75) is 57.7 Å². The summed E-state index contributed by atoms with van der Waals surface area (Å²) in [4.78, 5) is 54.5. The van der Waals surface area contributed by atoms with Crippen LogP contribution in [0.4, 0.5) is 64.4 Å². The number of halogens is 3. The van der Waals surface area contributed by atoms with Gasteiger partial charge in [-0.25, -0.2) is 19.9 Å². The molecule has 3 aliphatic rings. The average molecular weight is 1930 g/mol. The molecule has 2 saturated carbocycles. The second-order valence-electron chi connectivity index (χ2n) is 36.7. The number of benzene rings is 10. The van der Waals surface area contributed by atoms with Gasteiger partial charge >= 0.3 is 6.36 Å². The van der Waals surface area contributed by atoms with Crippen LogP contribution in [0.15, 0.2) is 323 Å². The zero-order chi connectivity index (χ0) is 99.3. The fourth-order valence-electron chi connectivity index (χ4n) is 17.9. The molecule has 1 aliphatic heterocycles. The lowest BCUT2D eigenvalue weighted by Gasteiger charge is -2.44. The summed E-state index contributed by atoms with van der Waals surface area (Å²) in [6.45, 7) is 8.76. The number of rotatable bonds is 31. The topological polar surface area (TPSA) is 235 Å². The summed E-state index contributed by atoms with van der Waals surface area (Å²) in [7, 11) is 18.5. The fraction of sp³-hybridized carbons (Fsp3) is 0.248. The van der Waals surface area contributed by atoms with E-state index >= 15 is 0 Å². The Labute approximate surface area is 834 Å². The standard InChI is InChI=1S/C39H41N7O2.C26H26N6O2.C24H21F3N4O.C24H26N6/c1-43-26-31(22-41-43)39-23-40-37-15-14-32(20-38(37)42-39)46(33-18-35(47-2)21-36(19-33)48-3)28-34-27-44(24-29-10-6-4-7-11-29)16-17-45(34)25-30-12-8-5-9-13-30;1-30-18-19(16-28-30)26-17-27-24-7-6-20(14-25(24)29-26)32(11-10-31-8-4-5-9-31)21-12-22(33-2)15-23(13-21)34-3;1-30-10-9-17(15-30)23-13-28-21-8-7-19(12-22(21)29-23)31(14-16-5-6-16)18-3-2-4-20(11-18)32-24(25,26)27;1-28(2)19-5-4-6-20(11-19)30(15-17-7-8-17)21-9-10-22-23(12-21)27-24(14-25-22)18-13-26-29(3)16-18/h4-15,18-23,26,34H,16-17,24-25,27-28H2,1-3H3;4-9,12-18H,10-11H2,1-3H3;2-4,7-13,15-16H,5-6,14H2,1H3;4-6,9-14,16-17H,7-8,15H2,1-3H3. The first-order valence-electron chi connectivity index (χ1n) is 48.1. The van der Waals surface area contributed by atoms with Crippen molar-refractivity contribution in [1.29, 1.82) is 0 Å². The van der Waals surface area contributed by atoms with Crippen LogP contribution in [0, 0.1) is 11.8 Å². The molecule has 19 aromatic rings. The summed E-state index contributed by atoms with van der Waals surface area (Å²) in [5.41, 5.74) is 25.3. The molecular weight excluding hydrogens is 1820 g/mol. The first-order chi connectivity index (χ1) is 70.1. The number of alkyl halides is 3. The highest BCUT2D eigenvalue weighted by molar-refractivity contribution is 5.87. The summed E-state index contributed by atoms with van der Waals surface area (Å²) < 4.78 is 74.3. The molecule has 0 radical (unpaired) electrons. The zero-order valence-corrected chi connectivity index (χ0v) is 82.2. The summed E-state index contributed by atoms with van der Waals surface area (Å²) in [5.74, 6) is 3.99. The number of fused-ring (bicyclic) bond motifs is 4. The molecule has 1 unspecified atom stereocenters. The molecule has 10 heterocycles. The number of hydrogen-bond donors (Lipinski definition) is 0. The Morgan fingerprint density at radius 2 is 0.743 bits per heavy atom. The van der Waals surface area contributed by atoms with Gasteiger partial charge in [0.1, 0.15) is 28.7 Å². The van der Waals surface area contributed by atoms with E-state index in [1.807, 2.05) is 160 Å². The van der Waals surface area contributed by atoms with Crippen LogP contribution in [0.3, 0.4) is 0 Å². The Kier molecular flexibility index (Phi) is 29.2. The largest absolute Gasteiger partial charge is 0.573 e. The van der Waals surface area contributed by atoms with E-state index in [2.05, 4.69) is 241 Å². The van der Waals surface area contributed by atoms with Crippen molar-refractivity contribution in [2.24, 2.45) is 40.0 Å². The number of aromatic nitrogens is 16. The molecule has 1 atom stereocenters. The van der Waals surface area contributed by atoms with E-state index in [-0.39, 0.29) is 11.8 Å². The molecule has 22 rings (SSSR count). The van der Waals surface area contributed by atoms with Crippen LogP contribution in [-0.4, -0.2) is 189 Å². The number of aryl methyl sites for hydroxylation is 4. The minimum absolute atomic E-state index is 0.225. The first-order valence-corrected chi connectivity index (χ1v) is 48.1. The van der Waals surface area contributed by atoms with E-state index < -0.39 is 6.36 Å². The lowest BCUT2D eigenvalue weighted by atomic mass is 10.1. The molecule has 144 heavy (non-hydrogen) atoms. The van der Waals surface area contributed by atoms with Gasteiger partial charge in [0.25, 0.3) is 0 Å². The lowest BCUT2D eigenvalue weighted by Crippen LogP contribution is -2.55. The van der Waals surface area contributed by atoms with Crippen molar-refractivity contribution >= 4 is 95.3 Å². The van der Waals surface area contributed by atoms with Crippen molar-refractivity contribution in [2.75, 3.05) is 113 Å². The third-order valence-electron chi connectivity index (χ3n) is 25.9. The van der Waals surface area contributed by atoms with Gasteiger partial charge in [-0.3, -0.25) is 43.8 Å². The molecule has 10 aromatic carbocycles. The van der Waals surface area contributed by atoms with Crippen LogP contribution >= 0.6 is 0 Å². The molecule has 0 bridgehead atoms. The van der Waals surface area contributed by atoms with E-state index in [9.17, 15) is 13.2 Å². The number of piperazine rings is 1. The Balaban J connectivity index is 0.000000124. The van der Waals surface area contributed by atoms with Crippen LogP contribution in [0.5, 0.6) is 28.7 Å². The van der Waals surface area contributed by atoms with E-state index in [0.717, 1.165) is 224 Å². The van der Waals surface area contributed by atoms with Gasteiger partial charge in [0, 0.05) is 273 Å². The van der Waals surface area contributed by atoms with Crippen LogP contribution in [0.25, 0.3) is 89.2 Å². The molecule has 9 aromatic heterocycles. The molecule has 28 nitrogen and oxygen atoms in total. The molecule has 31 heteroatoms. The highest BCUT2D eigenvalue weighted by Crippen LogP contribution is 2.43. The van der Waals surface area contributed by atoms with Crippen molar-refractivity contribution < 1.29 is 36.9 Å². The van der Waals surface area contributed by atoms with E-state index in [0.29, 0.717) is 18.2 Å². The van der Waals surface area contributed by atoms with E-state index in [1.54, 1.807) is 73.2 Å². The highest BCUT2D eigenvalue weighted by atomic mass is 19.4. The first kappa shape index (κ1) is 96.3. The van der Waals surface area contributed by atoms with Gasteiger partial charge in [-0.2, -0.15) is 15.3 Å². The minimum atomic E-state index is -4.73. The summed E-state index contributed by atoms with van der Waals surface area (Å²) >= 11 is 0. The maximum absolute atomic E-state index is 12.7. The van der Waals surface area contributed by atoms with Crippen molar-refractivity contribution in [3.63, 3.8) is 0 Å². The van der Waals surface area contributed by atoms with Gasteiger partial charge in [0.2, 0.25) is 0 Å². The highest BCUT2D eigenvalue weighted by Gasteiger charge is 2.34. The number of anilines is 9. The normalized spacial score (nSPS) is 13.7. The Morgan fingerprint density at radius 3 is 1.15 bits per heavy atom. The Morgan fingerprint density at radius 1 is 0.347 bits per heavy atom. The fourth-order valence-corrected chi connectivity index (χ4v) is 17.9. The zero-order valence-electron chi connectivity index (χ0n) is 82.2. The van der Waals surface area contributed by atoms with Gasteiger partial charge in [-0.1, -0.05) is 72.8 Å². The molecule has 732 valence electrons. The predicted molar refractivity (Wildman–Crippen MR) is 562 cm³/mol. The van der Waals surface area contributed by atoms with Crippen LogP contribution < -0.4 is 48.2 Å². The van der Waals surface area contributed by atoms with Gasteiger partial charge in [-0.15, -0.1) is 13.2 Å². The maximum Gasteiger partial charge on any atom is 0.573 e. The smallest absolute Gasteiger partial charge is 0.497 e. The SMILES string of the molecule is CN(C)c1cccc(N(CC2CC2)c2ccc3ncc(-c4cnn(C)c4)nc3c2)c1.COc1cc(OC)cc(N(CC2CN(Cc3ccccc3)CCN2Cc2ccccc2)c2ccc3ncc(-c4cnn(C)c4)nc3c2)c1.COc1cc(OC)cc(N(CCn2cccc2)c2ccc3ncc(-c4cnn(C)c4)nc3c2)c1.Cn1ccc(-c2cnc3ccc(N(CC4CC4)c4cccc(OC(F)(F)F)c4)cc3n2)c1. The Bertz CT molecular complexity index is 7550. The quantitative estimate of drug-likeness (QED) is 0.0393. The van der Waals surface area contributed by atoms with Crippen LogP contribution in [-0.2, 0) is 47.8 Å². The third kappa shape index (κ3) is 24.2. The second-order valence-corrected chi connectivity index (χ2v) is 36.7. The third-order valence-corrected chi connectivity index (χ3v) is 25.9. The van der Waals surface area contributed by atoms with Gasteiger partial charge in [-0.05, 0) is 170 Å². The summed E-state index contributed by atoms with van der Waals surface area (Å²) in [5, 5.41) is 12.8.